The third-order valence-electron chi connectivity index (χ3n) is 5.81. The summed E-state index contributed by atoms with van der Waals surface area (Å²) in [5.74, 6) is 0. The molecule has 0 bridgehead atoms. The summed E-state index contributed by atoms with van der Waals surface area (Å²) in [6, 6.07) is 0. The lowest BCUT2D eigenvalue weighted by atomic mass is 10.1. The van der Waals surface area contributed by atoms with E-state index in [1.165, 1.54) is 51.4 Å². The van der Waals surface area contributed by atoms with Crippen LogP contribution < -0.4 is 0 Å². The number of hydrogen-bond acceptors (Lipinski definition) is 2. The van der Waals surface area contributed by atoms with Crippen molar-refractivity contribution in [3.63, 3.8) is 0 Å². The maximum absolute atomic E-state index is 6.85. The second-order valence-corrected chi connectivity index (χ2v) is 15.2. The van der Waals surface area contributed by atoms with Crippen molar-refractivity contribution >= 4 is 8.32 Å². The third-order valence-corrected chi connectivity index (χ3v) is 11.6. The number of hydrogen-bond donors (Lipinski definition) is 0. The summed E-state index contributed by atoms with van der Waals surface area (Å²) < 4.78 is 12.8. The minimum atomic E-state index is -2.11. The molecule has 0 aromatic carbocycles. The van der Waals surface area contributed by atoms with Crippen molar-refractivity contribution in [2.75, 3.05) is 6.61 Å². The van der Waals surface area contributed by atoms with Crippen LogP contribution in [0.5, 0.6) is 0 Å². The zero-order valence-electron chi connectivity index (χ0n) is 19.0. The van der Waals surface area contributed by atoms with Crippen LogP contribution in [-0.4, -0.2) is 27.1 Å². The van der Waals surface area contributed by atoms with Crippen LogP contribution in [0.15, 0.2) is 11.8 Å². The van der Waals surface area contributed by atoms with Crippen LogP contribution in [0.3, 0.4) is 0 Å². The van der Waals surface area contributed by atoms with Crippen LogP contribution in [0.2, 0.25) is 10.1 Å². The first kappa shape index (κ1) is 23.9. The number of epoxide rings is 1. The van der Waals surface area contributed by atoms with E-state index in [0.717, 1.165) is 6.61 Å². The molecular weight excluding hydrogens is 336 g/mol. The van der Waals surface area contributed by atoms with Gasteiger partial charge in [0.15, 0.2) is 0 Å². The van der Waals surface area contributed by atoms with Gasteiger partial charge in [0.1, 0.15) is 6.10 Å². The molecule has 0 radical (unpaired) electrons. The van der Waals surface area contributed by atoms with Crippen LogP contribution in [0.25, 0.3) is 0 Å². The summed E-state index contributed by atoms with van der Waals surface area (Å²) in [5, 5.41) is 0.332. The highest BCUT2D eigenvalue weighted by Crippen LogP contribution is 2.53. The number of rotatable bonds is 12. The van der Waals surface area contributed by atoms with Crippen LogP contribution in [0, 0.1) is 0 Å². The van der Waals surface area contributed by atoms with Crippen LogP contribution in [0.4, 0.5) is 0 Å². The first-order chi connectivity index (χ1) is 12.1. The fraction of sp³-hybridized carbons (Fsp3) is 0.913. The molecule has 1 heterocycles. The monoisotopic (exact) mass is 382 g/mol. The van der Waals surface area contributed by atoms with E-state index in [2.05, 4.69) is 67.2 Å². The van der Waals surface area contributed by atoms with Crippen molar-refractivity contribution in [1.29, 1.82) is 0 Å². The van der Waals surface area contributed by atoms with E-state index in [0.29, 0.717) is 12.2 Å². The minimum Gasteiger partial charge on any atom is -0.409 e. The molecule has 1 fully saturated rings. The summed E-state index contributed by atoms with van der Waals surface area (Å²) in [6.07, 6.45) is 13.4. The van der Waals surface area contributed by atoms with Crippen molar-refractivity contribution in [2.24, 2.45) is 0 Å². The summed E-state index contributed by atoms with van der Waals surface area (Å²) in [7, 11) is -2.11. The van der Waals surface area contributed by atoms with Crippen molar-refractivity contribution in [3.8, 4) is 0 Å². The Balaban J connectivity index is 2.70. The molecule has 0 aromatic heterocycles. The van der Waals surface area contributed by atoms with Gasteiger partial charge in [0.2, 0.25) is 8.32 Å². The summed E-state index contributed by atoms with van der Waals surface area (Å²) >= 11 is 0. The highest BCUT2D eigenvalue weighted by atomic mass is 28.4. The molecule has 1 saturated heterocycles. The van der Waals surface area contributed by atoms with E-state index in [4.69, 9.17) is 9.16 Å². The predicted molar refractivity (Wildman–Crippen MR) is 117 cm³/mol. The maximum atomic E-state index is 6.85. The van der Waals surface area contributed by atoms with Gasteiger partial charge in [-0.3, -0.25) is 0 Å². The topological polar surface area (TPSA) is 21.8 Å². The van der Waals surface area contributed by atoms with Crippen molar-refractivity contribution in [3.05, 3.63) is 11.8 Å². The first-order valence-electron chi connectivity index (χ1n) is 11.1. The Morgan fingerprint density at radius 3 is 2.00 bits per heavy atom. The predicted octanol–water partition coefficient (Wildman–Crippen LogP) is 7.57. The molecule has 1 aliphatic rings. The van der Waals surface area contributed by atoms with Crippen LogP contribution in [0.1, 0.15) is 107 Å². The summed E-state index contributed by atoms with van der Waals surface area (Å²) in [4.78, 5) is 0. The fourth-order valence-corrected chi connectivity index (χ4v) is 9.38. The lowest BCUT2D eigenvalue weighted by Crippen LogP contribution is -2.54. The second-order valence-electron chi connectivity index (χ2n) is 10.2. The summed E-state index contributed by atoms with van der Waals surface area (Å²) in [5.41, 5.74) is 2.50. The molecule has 1 aliphatic heterocycles. The molecule has 0 unspecified atom stereocenters. The molecule has 0 aliphatic carbocycles. The Hall–Kier alpha value is -0.123. The van der Waals surface area contributed by atoms with Gasteiger partial charge < -0.3 is 9.16 Å². The van der Waals surface area contributed by atoms with Gasteiger partial charge in [-0.2, -0.15) is 0 Å². The van der Waals surface area contributed by atoms with Gasteiger partial charge in [0.25, 0.3) is 0 Å². The van der Waals surface area contributed by atoms with Crippen molar-refractivity contribution in [1.82, 2.24) is 0 Å². The quantitative estimate of drug-likeness (QED) is 0.197. The molecule has 3 heteroatoms. The first-order valence-corrected chi connectivity index (χ1v) is 13.0. The SMILES string of the molecule is CCCC/C=C/[Si](OC[C@@H]1O[C@@H]1CCCCCC)(C(C)(C)C)C(C)(C)C. The van der Waals surface area contributed by atoms with Gasteiger partial charge in [0.05, 0.1) is 12.7 Å². The number of allylic oxidation sites excluding steroid dienone is 1. The molecule has 154 valence electrons. The fourth-order valence-electron chi connectivity index (χ4n) is 4.24. The van der Waals surface area contributed by atoms with Crippen molar-refractivity contribution in [2.45, 2.75) is 129 Å². The van der Waals surface area contributed by atoms with Crippen LogP contribution >= 0.6 is 0 Å². The number of ether oxygens (including phenoxy) is 1. The van der Waals surface area contributed by atoms with Crippen molar-refractivity contribution < 1.29 is 9.16 Å². The molecule has 0 amide bonds. The largest absolute Gasteiger partial charge is 0.409 e. The highest BCUT2D eigenvalue weighted by molar-refractivity contribution is 6.84. The smallest absolute Gasteiger partial charge is 0.227 e. The Morgan fingerprint density at radius 1 is 0.846 bits per heavy atom. The van der Waals surface area contributed by atoms with Gasteiger partial charge in [-0.25, -0.2) is 0 Å². The van der Waals surface area contributed by atoms with E-state index in [1.807, 2.05) is 0 Å². The molecule has 26 heavy (non-hydrogen) atoms. The van der Waals surface area contributed by atoms with E-state index < -0.39 is 8.32 Å². The van der Waals surface area contributed by atoms with Crippen LogP contribution in [-0.2, 0) is 9.16 Å². The Kier molecular flexibility index (Phi) is 9.59. The number of unbranched alkanes of at least 4 members (excludes halogenated alkanes) is 5. The van der Waals surface area contributed by atoms with Gasteiger partial charge in [-0.1, -0.05) is 106 Å². The lowest BCUT2D eigenvalue weighted by Gasteiger charge is -2.49. The molecule has 0 aromatic rings. The normalized spacial score (nSPS) is 21.5. The minimum absolute atomic E-state index is 0.166. The Labute approximate surface area is 165 Å². The van der Waals surface area contributed by atoms with E-state index in [9.17, 15) is 0 Å². The average molecular weight is 383 g/mol. The molecule has 0 N–H and O–H groups in total. The molecule has 2 atom stereocenters. The maximum Gasteiger partial charge on any atom is 0.227 e. The average Bonchev–Trinajstić information content (AvgIpc) is 3.27. The molecule has 0 saturated carbocycles. The summed E-state index contributed by atoms with van der Waals surface area (Å²) in [6.45, 7) is 19.5. The zero-order valence-corrected chi connectivity index (χ0v) is 20.0. The van der Waals surface area contributed by atoms with E-state index in [1.54, 1.807) is 0 Å². The molecule has 2 nitrogen and oxygen atoms in total. The molecular formula is C23H46O2Si. The molecule has 0 spiro atoms. The van der Waals surface area contributed by atoms with Gasteiger partial charge in [-0.15, -0.1) is 0 Å². The zero-order chi connectivity index (χ0) is 19.8. The Bertz CT molecular complexity index is 403. The highest BCUT2D eigenvalue weighted by Gasteiger charge is 2.54. The second kappa shape index (κ2) is 10.4. The molecule has 1 rings (SSSR count). The Morgan fingerprint density at radius 2 is 1.46 bits per heavy atom. The van der Waals surface area contributed by atoms with E-state index in [-0.39, 0.29) is 10.1 Å². The van der Waals surface area contributed by atoms with E-state index >= 15 is 0 Å². The third kappa shape index (κ3) is 6.80. The standard InChI is InChI=1S/C23H46O2Si/c1-9-11-13-15-17-20-21(25-20)19-24-26(22(3,4)5,23(6,7)8)18-16-14-12-10-2/h16,18,20-21H,9-15,17,19H2,1-8H3/b18-16+/t20-,21+/m1/s1. The van der Waals surface area contributed by atoms with Gasteiger partial charge >= 0.3 is 0 Å². The van der Waals surface area contributed by atoms with Gasteiger partial charge in [0, 0.05) is 0 Å². The van der Waals surface area contributed by atoms with Gasteiger partial charge in [-0.05, 0) is 22.9 Å². The lowest BCUT2D eigenvalue weighted by molar-refractivity contribution is 0.228.